The van der Waals surface area contributed by atoms with E-state index in [0.29, 0.717) is 29.2 Å². The predicted octanol–water partition coefficient (Wildman–Crippen LogP) is 3.36. The number of nitrogens with one attached hydrogen (secondary N) is 2. The molecule has 0 aliphatic carbocycles. The lowest BCUT2D eigenvalue weighted by atomic mass is 10.1. The van der Waals surface area contributed by atoms with Crippen molar-refractivity contribution in [1.82, 2.24) is 10.6 Å². The number of benzene rings is 2. The maximum Gasteiger partial charge on any atom is 0.326 e. The molecule has 9 nitrogen and oxygen atoms in total. The molecule has 2 N–H and O–H groups in total. The molecule has 0 atom stereocenters. The average Bonchev–Trinajstić information content (AvgIpc) is 2.98. The topological polar surface area (TPSA) is 120 Å². The number of urea groups is 1. The summed E-state index contributed by atoms with van der Waals surface area (Å²) in [6.45, 7) is 2.34. The zero-order valence-electron chi connectivity index (χ0n) is 15.2. The van der Waals surface area contributed by atoms with Gasteiger partial charge in [0.2, 0.25) is 0 Å². The van der Waals surface area contributed by atoms with Crippen LogP contribution in [-0.4, -0.2) is 23.5 Å². The number of non-ortho nitro benzene ring substituents is 1. The molecule has 10 heteroatoms. The van der Waals surface area contributed by atoms with Crippen LogP contribution in [0.2, 0.25) is 0 Å². The molecular weight excluding hydrogens is 493 g/mol. The molecule has 0 saturated carbocycles. The maximum absolute atomic E-state index is 11.7. The second-order valence-corrected chi connectivity index (χ2v) is 7.11. The molecule has 1 heterocycles. The van der Waals surface area contributed by atoms with Gasteiger partial charge in [-0.05, 0) is 58.9 Å². The quantitative estimate of drug-likeness (QED) is 0.194. The Bertz CT molecular complexity index is 1020. The van der Waals surface area contributed by atoms with Gasteiger partial charge >= 0.3 is 6.03 Å². The van der Waals surface area contributed by atoms with Gasteiger partial charge in [-0.25, -0.2) is 4.79 Å². The fourth-order valence-electron chi connectivity index (χ4n) is 2.64. The summed E-state index contributed by atoms with van der Waals surface area (Å²) in [5, 5.41) is 15.5. The number of imide groups is 1. The normalized spacial score (nSPS) is 14.5. The maximum atomic E-state index is 11.7. The molecule has 29 heavy (non-hydrogen) atoms. The lowest BCUT2D eigenvalue weighted by molar-refractivity contribution is -0.384. The lowest BCUT2D eigenvalue weighted by Gasteiger charge is -2.15. The van der Waals surface area contributed by atoms with Crippen LogP contribution in [0.1, 0.15) is 18.1 Å². The third-order valence-electron chi connectivity index (χ3n) is 3.87. The van der Waals surface area contributed by atoms with Crippen molar-refractivity contribution in [2.45, 2.75) is 13.5 Å². The number of ether oxygens (including phenoxy) is 2. The average molecular weight is 509 g/mol. The molecule has 0 aromatic heterocycles. The zero-order chi connectivity index (χ0) is 21.0. The van der Waals surface area contributed by atoms with E-state index in [0.717, 1.165) is 3.57 Å². The molecule has 3 amide bonds. The number of halogens is 1. The number of hydrogen-bond acceptors (Lipinski definition) is 6. The standard InChI is InChI=1S/C19H16IN3O6/c1-2-28-16-9-12(8-15-18(24)22-19(25)21-15)7-14(20)17(16)29-10-11-4-3-5-13(6-11)23(26)27/h3-9H,2,10H2,1H3,(H2,21,22,24,25)/b15-8+. The van der Waals surface area contributed by atoms with Crippen molar-refractivity contribution in [3.63, 3.8) is 0 Å². The first-order valence-electron chi connectivity index (χ1n) is 8.54. The molecule has 150 valence electrons. The van der Waals surface area contributed by atoms with Gasteiger partial charge in [-0.3, -0.25) is 20.2 Å². The van der Waals surface area contributed by atoms with Crippen molar-refractivity contribution in [2.75, 3.05) is 6.61 Å². The Morgan fingerprint density at radius 1 is 1.17 bits per heavy atom. The highest BCUT2D eigenvalue weighted by Gasteiger charge is 2.23. The number of amides is 3. The minimum Gasteiger partial charge on any atom is -0.490 e. The summed E-state index contributed by atoms with van der Waals surface area (Å²) in [6.07, 6.45) is 1.54. The minimum absolute atomic E-state index is 0.00955. The second kappa shape index (κ2) is 8.90. The monoisotopic (exact) mass is 509 g/mol. The van der Waals surface area contributed by atoms with Crippen LogP contribution in [-0.2, 0) is 11.4 Å². The van der Waals surface area contributed by atoms with Crippen LogP contribution < -0.4 is 20.1 Å². The molecule has 1 aliphatic heterocycles. The molecule has 0 spiro atoms. The van der Waals surface area contributed by atoms with Gasteiger partial charge in [0.05, 0.1) is 15.1 Å². The molecule has 1 fully saturated rings. The van der Waals surface area contributed by atoms with Gasteiger partial charge in [0.25, 0.3) is 11.6 Å². The first kappa shape index (κ1) is 20.6. The van der Waals surface area contributed by atoms with E-state index in [2.05, 4.69) is 33.2 Å². The van der Waals surface area contributed by atoms with E-state index in [1.165, 1.54) is 18.2 Å². The fraction of sp³-hybridized carbons (Fsp3) is 0.158. The lowest BCUT2D eigenvalue weighted by Crippen LogP contribution is -2.22. The van der Waals surface area contributed by atoms with Crippen LogP contribution in [0.25, 0.3) is 6.08 Å². The van der Waals surface area contributed by atoms with Crippen molar-refractivity contribution in [2.24, 2.45) is 0 Å². The third-order valence-corrected chi connectivity index (χ3v) is 4.67. The predicted molar refractivity (Wildman–Crippen MR) is 112 cm³/mol. The summed E-state index contributed by atoms with van der Waals surface area (Å²) < 4.78 is 12.3. The van der Waals surface area contributed by atoms with Crippen molar-refractivity contribution in [1.29, 1.82) is 0 Å². The van der Waals surface area contributed by atoms with Crippen LogP contribution in [0, 0.1) is 13.7 Å². The third kappa shape index (κ3) is 5.02. The SMILES string of the molecule is CCOc1cc(/C=C2/NC(=O)NC2=O)cc(I)c1OCc1cccc([N+](=O)[O-])c1. The van der Waals surface area contributed by atoms with Crippen LogP contribution in [0.15, 0.2) is 42.1 Å². The molecule has 0 unspecified atom stereocenters. The number of nitro groups is 1. The highest BCUT2D eigenvalue weighted by Crippen LogP contribution is 2.35. The van der Waals surface area contributed by atoms with E-state index in [1.54, 1.807) is 24.3 Å². The molecular formula is C19H16IN3O6. The van der Waals surface area contributed by atoms with Gasteiger partial charge in [0, 0.05) is 12.1 Å². The molecule has 2 aromatic rings. The Labute approximate surface area is 179 Å². The van der Waals surface area contributed by atoms with Gasteiger partial charge in [0.1, 0.15) is 12.3 Å². The van der Waals surface area contributed by atoms with Crippen LogP contribution in [0.3, 0.4) is 0 Å². The first-order valence-corrected chi connectivity index (χ1v) is 9.61. The largest absolute Gasteiger partial charge is 0.490 e. The minimum atomic E-state index is -0.571. The van der Waals surface area contributed by atoms with E-state index < -0.39 is 16.9 Å². The van der Waals surface area contributed by atoms with Crippen molar-refractivity contribution in [3.8, 4) is 11.5 Å². The number of nitrogens with zero attached hydrogens (tertiary/aromatic N) is 1. The summed E-state index contributed by atoms with van der Waals surface area (Å²) in [5.74, 6) is 0.441. The molecule has 3 rings (SSSR count). The zero-order valence-corrected chi connectivity index (χ0v) is 17.4. The van der Waals surface area contributed by atoms with Gasteiger partial charge in [0.15, 0.2) is 11.5 Å². The summed E-state index contributed by atoms with van der Waals surface area (Å²) in [4.78, 5) is 33.4. The number of carbonyl (C=O) groups excluding carboxylic acids is 2. The highest BCUT2D eigenvalue weighted by molar-refractivity contribution is 14.1. The molecule has 1 aliphatic rings. The summed E-state index contributed by atoms with van der Waals surface area (Å²) in [7, 11) is 0. The number of carbonyl (C=O) groups is 2. The number of nitro benzene ring substituents is 1. The van der Waals surface area contributed by atoms with Crippen LogP contribution in [0.5, 0.6) is 11.5 Å². The van der Waals surface area contributed by atoms with Gasteiger partial charge in [-0.15, -0.1) is 0 Å². The van der Waals surface area contributed by atoms with Crippen molar-refractivity contribution >= 4 is 46.3 Å². The Balaban J connectivity index is 1.86. The van der Waals surface area contributed by atoms with Gasteiger partial charge < -0.3 is 14.8 Å². The molecule has 0 radical (unpaired) electrons. The number of hydrogen-bond donors (Lipinski definition) is 2. The van der Waals surface area contributed by atoms with Crippen LogP contribution >= 0.6 is 22.6 Å². The van der Waals surface area contributed by atoms with Gasteiger partial charge in [-0.1, -0.05) is 12.1 Å². The second-order valence-electron chi connectivity index (χ2n) is 5.94. The first-order chi connectivity index (χ1) is 13.9. The Morgan fingerprint density at radius 2 is 1.97 bits per heavy atom. The van der Waals surface area contributed by atoms with Crippen molar-refractivity contribution in [3.05, 3.63) is 66.9 Å². The van der Waals surface area contributed by atoms with E-state index in [-0.39, 0.29) is 18.0 Å². The number of rotatable bonds is 7. The molecule has 1 saturated heterocycles. The Morgan fingerprint density at radius 3 is 2.62 bits per heavy atom. The van der Waals surface area contributed by atoms with Gasteiger partial charge in [-0.2, -0.15) is 0 Å². The highest BCUT2D eigenvalue weighted by atomic mass is 127. The van der Waals surface area contributed by atoms with E-state index in [4.69, 9.17) is 9.47 Å². The summed E-state index contributed by atoms with van der Waals surface area (Å²) in [5.41, 5.74) is 1.42. The smallest absolute Gasteiger partial charge is 0.326 e. The van der Waals surface area contributed by atoms with Crippen LogP contribution in [0.4, 0.5) is 10.5 Å². The summed E-state index contributed by atoms with van der Waals surface area (Å²) >= 11 is 2.08. The van der Waals surface area contributed by atoms with E-state index in [9.17, 15) is 19.7 Å². The Kier molecular flexibility index (Phi) is 6.32. The van der Waals surface area contributed by atoms with E-state index >= 15 is 0 Å². The van der Waals surface area contributed by atoms with Crippen molar-refractivity contribution < 1.29 is 24.0 Å². The Hall–Kier alpha value is -3.15. The molecule has 2 aromatic carbocycles. The van der Waals surface area contributed by atoms with E-state index in [1.807, 2.05) is 6.92 Å². The fourth-order valence-corrected chi connectivity index (χ4v) is 3.42. The summed E-state index contributed by atoms with van der Waals surface area (Å²) in [6, 6.07) is 9.10. The molecule has 0 bridgehead atoms.